The molecule has 0 saturated carbocycles. The fourth-order valence-corrected chi connectivity index (χ4v) is 1.50. The van der Waals surface area contributed by atoms with Gasteiger partial charge >= 0.3 is 64.6 Å². The van der Waals surface area contributed by atoms with Gasteiger partial charge in [-0.3, -0.25) is 0 Å². The summed E-state index contributed by atoms with van der Waals surface area (Å²) >= 11 is 2.90. The van der Waals surface area contributed by atoms with E-state index in [1.54, 1.807) is 0 Å². The van der Waals surface area contributed by atoms with Crippen molar-refractivity contribution in [3.8, 4) is 0 Å². The van der Waals surface area contributed by atoms with Crippen LogP contribution in [0, 0.1) is 5.92 Å². The number of hydrogen-bond acceptors (Lipinski definition) is 1. The Hall–Kier alpha value is 0.189. The second-order valence-electron chi connectivity index (χ2n) is 2.40. The second kappa shape index (κ2) is 5.01. The van der Waals surface area contributed by atoms with E-state index in [4.69, 9.17) is 4.74 Å². The predicted octanol–water partition coefficient (Wildman–Crippen LogP) is 1.37. The van der Waals surface area contributed by atoms with Crippen LogP contribution in [0.2, 0.25) is 0 Å². The van der Waals surface area contributed by atoms with Crippen LogP contribution in [-0.4, -0.2) is 26.8 Å². The van der Waals surface area contributed by atoms with E-state index in [0.717, 1.165) is 17.6 Å². The van der Waals surface area contributed by atoms with Gasteiger partial charge in [0, 0.05) is 0 Å². The van der Waals surface area contributed by atoms with Crippen molar-refractivity contribution in [2.75, 3.05) is 6.61 Å². The summed E-state index contributed by atoms with van der Waals surface area (Å²) in [5.74, 6) is 0.688. The summed E-state index contributed by atoms with van der Waals surface area (Å²) in [7, 11) is 0. The Labute approximate surface area is 65.1 Å². The molecule has 0 aromatic carbocycles. The zero-order valence-corrected chi connectivity index (χ0v) is 8.02. The van der Waals surface area contributed by atoms with Gasteiger partial charge in [0.05, 0.1) is 0 Å². The van der Waals surface area contributed by atoms with Crippen LogP contribution in [0.3, 0.4) is 0 Å². The van der Waals surface area contributed by atoms with Crippen molar-refractivity contribution < 1.29 is 4.74 Å². The molecule has 0 saturated heterocycles. The summed E-state index contributed by atoms with van der Waals surface area (Å²) < 4.78 is 6.25. The van der Waals surface area contributed by atoms with E-state index in [1.165, 1.54) is 0 Å². The number of ether oxygens (including phenoxy) is 1. The Morgan fingerprint density at radius 1 is 1.56 bits per heavy atom. The molecule has 0 bridgehead atoms. The predicted molar refractivity (Wildman–Crippen MR) is 41.8 cm³/mol. The van der Waals surface area contributed by atoms with Gasteiger partial charge in [0.15, 0.2) is 0 Å². The van der Waals surface area contributed by atoms with Gasteiger partial charge in [0.1, 0.15) is 0 Å². The molecule has 0 fully saturated rings. The molecule has 0 spiro atoms. The van der Waals surface area contributed by atoms with Crippen LogP contribution in [0.1, 0.15) is 27.2 Å². The fourth-order valence-electron chi connectivity index (χ4n) is 0.553. The summed E-state index contributed by atoms with van der Waals surface area (Å²) in [4.78, 5) is 0. The minimum atomic E-state index is 0.688. The van der Waals surface area contributed by atoms with E-state index in [2.05, 4.69) is 29.4 Å². The third kappa shape index (κ3) is 6.07. The first kappa shape index (κ1) is 9.19. The molecule has 0 unspecified atom stereocenters. The molecule has 0 amide bonds. The zero-order valence-electron chi connectivity index (χ0n) is 6.31. The van der Waals surface area contributed by atoms with Crippen molar-refractivity contribution in [1.82, 2.24) is 0 Å². The first-order chi connectivity index (χ1) is 4.16. The van der Waals surface area contributed by atoms with Crippen LogP contribution in [0.4, 0.5) is 0 Å². The monoisotopic (exact) mass is 194 g/mol. The minimum absolute atomic E-state index is 0.688. The normalized spacial score (nSPS) is 9.78. The molecule has 9 heavy (non-hydrogen) atoms. The van der Waals surface area contributed by atoms with Crippen molar-refractivity contribution in [1.29, 1.82) is 0 Å². The summed E-state index contributed by atoms with van der Waals surface area (Å²) in [6.45, 7) is 7.12. The molecule has 0 aliphatic heterocycles. The van der Waals surface area contributed by atoms with Gasteiger partial charge in [0.2, 0.25) is 0 Å². The third-order valence-corrected chi connectivity index (χ3v) is 1.48. The topological polar surface area (TPSA) is 9.23 Å². The van der Waals surface area contributed by atoms with Crippen LogP contribution in [0.25, 0.3) is 0 Å². The third-order valence-electron chi connectivity index (χ3n) is 0.880. The fraction of sp³-hybridized carbons (Fsp3) is 0.857. The first-order valence-electron chi connectivity index (χ1n) is 3.32. The van der Waals surface area contributed by atoms with Crippen LogP contribution in [0.5, 0.6) is 0 Å². The van der Waals surface area contributed by atoms with Gasteiger partial charge in [-0.2, -0.15) is 0 Å². The molecule has 0 aliphatic carbocycles. The van der Waals surface area contributed by atoms with Gasteiger partial charge in [0.25, 0.3) is 0 Å². The zero-order chi connectivity index (χ0) is 7.28. The standard InChI is InChI=1S/C7H14OSe/c1-4-8-7(9)5-6(2)3/h6H,4-5H2,1-3H3. The average Bonchev–Trinajstić information content (AvgIpc) is 1.63. The Kier molecular flexibility index (Phi) is 5.12. The summed E-state index contributed by atoms with van der Waals surface area (Å²) in [6, 6.07) is 0. The summed E-state index contributed by atoms with van der Waals surface area (Å²) in [6.07, 6.45) is 1.04. The SMILES string of the molecule is CCOC(=[Se])CC(C)C. The average molecular weight is 193 g/mol. The number of hydrogen-bond donors (Lipinski definition) is 0. The maximum atomic E-state index is 5.21. The molecule has 0 aromatic heterocycles. The van der Waals surface area contributed by atoms with E-state index >= 15 is 0 Å². The molecular weight excluding hydrogens is 179 g/mol. The van der Waals surface area contributed by atoms with E-state index in [-0.39, 0.29) is 0 Å². The maximum absolute atomic E-state index is 5.21. The second-order valence-corrected chi connectivity index (χ2v) is 3.36. The van der Waals surface area contributed by atoms with Gasteiger partial charge in [-0.05, 0) is 0 Å². The molecule has 54 valence electrons. The molecule has 2 heteroatoms. The van der Waals surface area contributed by atoms with Crippen molar-refractivity contribution >= 4 is 20.2 Å². The van der Waals surface area contributed by atoms with Crippen molar-refractivity contribution in [2.45, 2.75) is 27.2 Å². The molecule has 0 N–H and O–H groups in total. The van der Waals surface area contributed by atoms with E-state index < -0.39 is 0 Å². The van der Waals surface area contributed by atoms with Gasteiger partial charge in [-0.25, -0.2) is 0 Å². The number of rotatable bonds is 4. The Bertz CT molecular complexity index is 88.9. The van der Waals surface area contributed by atoms with E-state index in [0.29, 0.717) is 5.92 Å². The molecule has 0 rings (SSSR count). The Balaban J connectivity index is 3.27. The summed E-state index contributed by atoms with van der Waals surface area (Å²) in [5.41, 5.74) is 0. The van der Waals surface area contributed by atoms with Crippen molar-refractivity contribution in [3.63, 3.8) is 0 Å². The van der Waals surface area contributed by atoms with E-state index in [9.17, 15) is 0 Å². The first-order valence-corrected chi connectivity index (χ1v) is 4.18. The van der Waals surface area contributed by atoms with Crippen LogP contribution in [-0.2, 0) is 4.74 Å². The van der Waals surface area contributed by atoms with Crippen LogP contribution in [0.15, 0.2) is 0 Å². The van der Waals surface area contributed by atoms with E-state index in [1.807, 2.05) is 6.92 Å². The molecular formula is C7H14OSe. The summed E-state index contributed by atoms with van der Waals surface area (Å²) in [5, 5.41) is 0. The van der Waals surface area contributed by atoms with Crippen molar-refractivity contribution in [2.24, 2.45) is 5.92 Å². The molecule has 0 aromatic rings. The molecule has 0 radical (unpaired) electrons. The molecule has 1 nitrogen and oxygen atoms in total. The van der Waals surface area contributed by atoms with Gasteiger partial charge < -0.3 is 0 Å². The Morgan fingerprint density at radius 2 is 2.11 bits per heavy atom. The van der Waals surface area contributed by atoms with Crippen LogP contribution >= 0.6 is 0 Å². The Morgan fingerprint density at radius 3 is 2.44 bits per heavy atom. The van der Waals surface area contributed by atoms with Gasteiger partial charge in [-0.1, -0.05) is 0 Å². The quantitative estimate of drug-likeness (QED) is 0.612. The van der Waals surface area contributed by atoms with Crippen LogP contribution < -0.4 is 0 Å². The molecule has 0 heterocycles. The van der Waals surface area contributed by atoms with Crippen molar-refractivity contribution in [3.05, 3.63) is 0 Å². The molecule has 0 aliphatic rings. The molecule has 0 atom stereocenters. The van der Waals surface area contributed by atoms with Gasteiger partial charge in [-0.15, -0.1) is 0 Å².